The van der Waals surface area contributed by atoms with E-state index in [1.165, 1.54) is 6.42 Å². The predicted molar refractivity (Wildman–Crippen MR) is 149 cm³/mol. The molecule has 1 saturated heterocycles. The number of sulfonamides is 1. The second kappa shape index (κ2) is 10.8. The average Bonchev–Trinajstić information content (AvgIpc) is 3.55. The Balaban J connectivity index is 1.65. The summed E-state index contributed by atoms with van der Waals surface area (Å²) in [6.45, 7) is 6.81. The lowest BCUT2D eigenvalue weighted by Gasteiger charge is -2.27. The lowest BCUT2D eigenvalue weighted by atomic mass is 9.82. The normalized spacial score (nSPS) is 17.5. The molecule has 5 rings (SSSR count). The summed E-state index contributed by atoms with van der Waals surface area (Å²) in [6.07, 6.45) is 8.90. The van der Waals surface area contributed by atoms with Crippen LogP contribution in [0, 0.1) is 0 Å². The number of ether oxygens (including phenoxy) is 1. The fraction of sp³-hybridized carbons (Fsp3) is 0.517. The smallest absolute Gasteiger partial charge is 0.264 e. The first-order valence-corrected chi connectivity index (χ1v) is 15.2. The Labute approximate surface area is 229 Å². The van der Waals surface area contributed by atoms with E-state index in [1.54, 1.807) is 50.3 Å². The SMILES string of the molecule is CC(C)(C)S(=O)(=O)NC(=O)c1ccc2c(C3CCCCC3)c(-c3ccoc3)n(CC(=O)N3CCOCC3)c2c1. The Bertz CT molecular complexity index is 1450. The maximum Gasteiger partial charge on any atom is 0.264 e. The Morgan fingerprint density at radius 1 is 1.05 bits per heavy atom. The van der Waals surface area contributed by atoms with Gasteiger partial charge in [0.15, 0.2) is 0 Å². The van der Waals surface area contributed by atoms with Crippen LogP contribution in [0.4, 0.5) is 0 Å². The minimum absolute atomic E-state index is 0.0275. The Kier molecular flexibility index (Phi) is 7.61. The molecule has 3 aromatic rings. The highest BCUT2D eigenvalue weighted by atomic mass is 32.2. The van der Waals surface area contributed by atoms with Crippen molar-refractivity contribution in [1.29, 1.82) is 0 Å². The van der Waals surface area contributed by atoms with E-state index in [2.05, 4.69) is 4.72 Å². The molecule has 0 unspecified atom stereocenters. The van der Waals surface area contributed by atoms with Crippen molar-refractivity contribution >= 4 is 32.7 Å². The largest absolute Gasteiger partial charge is 0.472 e. The third-order valence-electron chi connectivity index (χ3n) is 7.86. The molecule has 1 saturated carbocycles. The van der Waals surface area contributed by atoms with E-state index in [-0.39, 0.29) is 18.0 Å². The third kappa shape index (κ3) is 5.49. The van der Waals surface area contributed by atoms with E-state index < -0.39 is 20.7 Å². The highest BCUT2D eigenvalue weighted by Crippen LogP contribution is 2.44. The molecule has 1 aliphatic heterocycles. The van der Waals surface area contributed by atoms with Gasteiger partial charge < -0.3 is 18.6 Å². The lowest BCUT2D eigenvalue weighted by molar-refractivity contribution is -0.135. The van der Waals surface area contributed by atoms with E-state index in [4.69, 9.17) is 9.15 Å². The molecule has 210 valence electrons. The molecule has 10 heteroatoms. The zero-order chi connectivity index (χ0) is 27.8. The highest BCUT2D eigenvalue weighted by Gasteiger charge is 2.32. The standard InChI is InChI=1S/C29H37N3O6S/c1-29(2,3)39(35,36)30-28(34)21-9-10-23-24(17-21)32(18-25(33)31-12-15-37-16-13-31)27(22-11-14-38-19-22)26(23)20-7-5-4-6-8-20/h9-11,14,17,19-20H,4-8,12-13,15-16,18H2,1-3H3,(H,30,34). The number of amides is 2. The van der Waals surface area contributed by atoms with Crippen LogP contribution in [0.1, 0.15) is 74.7 Å². The minimum atomic E-state index is -3.89. The number of morpholine rings is 1. The van der Waals surface area contributed by atoms with Gasteiger partial charge in [-0.3, -0.25) is 9.59 Å². The highest BCUT2D eigenvalue weighted by molar-refractivity contribution is 7.91. The van der Waals surface area contributed by atoms with Crippen LogP contribution in [0.25, 0.3) is 22.2 Å². The topological polar surface area (TPSA) is 111 Å². The van der Waals surface area contributed by atoms with Crippen LogP contribution < -0.4 is 4.72 Å². The van der Waals surface area contributed by atoms with Crippen molar-refractivity contribution in [2.45, 2.75) is 70.1 Å². The molecule has 1 N–H and O–H groups in total. The quantitative estimate of drug-likeness (QED) is 0.473. The molecule has 2 aromatic heterocycles. The number of aromatic nitrogens is 1. The number of nitrogens with one attached hydrogen (secondary N) is 1. The van der Waals surface area contributed by atoms with Crippen molar-refractivity contribution in [3.63, 3.8) is 0 Å². The van der Waals surface area contributed by atoms with Crippen molar-refractivity contribution in [3.8, 4) is 11.3 Å². The Morgan fingerprint density at radius 3 is 2.41 bits per heavy atom. The Morgan fingerprint density at radius 2 is 1.77 bits per heavy atom. The fourth-order valence-corrected chi connectivity index (χ4v) is 6.25. The summed E-state index contributed by atoms with van der Waals surface area (Å²) in [5, 5.41) is 0.975. The summed E-state index contributed by atoms with van der Waals surface area (Å²) in [5.41, 5.74) is 3.92. The van der Waals surface area contributed by atoms with Gasteiger partial charge in [-0.1, -0.05) is 25.3 Å². The number of fused-ring (bicyclic) bond motifs is 1. The molecule has 2 aliphatic rings. The molecule has 0 radical (unpaired) electrons. The zero-order valence-corrected chi connectivity index (χ0v) is 23.7. The molecule has 39 heavy (non-hydrogen) atoms. The van der Waals surface area contributed by atoms with E-state index in [0.717, 1.165) is 53.4 Å². The van der Waals surface area contributed by atoms with Gasteiger partial charge in [0.1, 0.15) is 6.54 Å². The predicted octanol–water partition coefficient (Wildman–Crippen LogP) is 4.67. The molecule has 0 bridgehead atoms. The van der Waals surface area contributed by atoms with Crippen molar-refractivity contribution in [1.82, 2.24) is 14.2 Å². The second-order valence-electron chi connectivity index (χ2n) is 11.5. The fourth-order valence-electron chi connectivity index (χ4n) is 5.58. The number of carbonyl (C=O) groups is 2. The molecule has 1 aliphatic carbocycles. The number of carbonyl (C=O) groups excluding carboxylic acids is 2. The molecule has 9 nitrogen and oxygen atoms in total. The number of nitrogens with zero attached hydrogens (tertiary/aromatic N) is 2. The van der Waals surface area contributed by atoms with Gasteiger partial charge in [-0.15, -0.1) is 0 Å². The number of rotatable bonds is 6. The minimum Gasteiger partial charge on any atom is -0.472 e. The first kappa shape index (κ1) is 27.5. The molecule has 0 spiro atoms. The van der Waals surface area contributed by atoms with Crippen LogP contribution in [0.15, 0.2) is 41.2 Å². The van der Waals surface area contributed by atoms with Gasteiger partial charge in [0.25, 0.3) is 5.91 Å². The number of hydrogen-bond donors (Lipinski definition) is 1. The summed E-state index contributed by atoms with van der Waals surface area (Å²) in [4.78, 5) is 28.5. The summed E-state index contributed by atoms with van der Waals surface area (Å²) >= 11 is 0. The van der Waals surface area contributed by atoms with Gasteiger partial charge >= 0.3 is 0 Å². The molecular formula is C29H37N3O6S. The molecule has 0 atom stereocenters. The summed E-state index contributed by atoms with van der Waals surface area (Å²) in [6, 6.07) is 7.19. The van der Waals surface area contributed by atoms with E-state index in [1.807, 2.05) is 16.7 Å². The number of hydrogen-bond acceptors (Lipinski definition) is 6. The van der Waals surface area contributed by atoms with Gasteiger partial charge in [0.05, 0.1) is 41.7 Å². The summed E-state index contributed by atoms with van der Waals surface area (Å²) in [7, 11) is -3.89. The second-order valence-corrected chi connectivity index (χ2v) is 13.9. The van der Waals surface area contributed by atoms with Crippen LogP contribution in [0.5, 0.6) is 0 Å². The summed E-state index contributed by atoms with van der Waals surface area (Å²) < 4.78 is 39.4. The van der Waals surface area contributed by atoms with Gasteiger partial charge in [0.2, 0.25) is 15.9 Å². The van der Waals surface area contributed by atoms with E-state index in [0.29, 0.717) is 32.2 Å². The van der Waals surface area contributed by atoms with Crippen LogP contribution >= 0.6 is 0 Å². The first-order chi connectivity index (χ1) is 18.6. The van der Waals surface area contributed by atoms with Crippen LogP contribution in [-0.2, 0) is 26.1 Å². The van der Waals surface area contributed by atoms with Crippen molar-refractivity contribution in [3.05, 3.63) is 47.9 Å². The molecule has 1 aromatic carbocycles. The number of furan rings is 1. The molecular weight excluding hydrogens is 518 g/mol. The van der Waals surface area contributed by atoms with Crippen molar-refractivity contribution < 1.29 is 27.2 Å². The average molecular weight is 556 g/mol. The van der Waals surface area contributed by atoms with Gasteiger partial charge in [0, 0.05) is 29.6 Å². The van der Waals surface area contributed by atoms with Gasteiger partial charge in [-0.2, -0.15) is 0 Å². The van der Waals surface area contributed by atoms with E-state index in [9.17, 15) is 18.0 Å². The molecule has 2 amide bonds. The van der Waals surface area contributed by atoms with Gasteiger partial charge in [-0.05, 0) is 63.3 Å². The number of benzene rings is 1. The lowest BCUT2D eigenvalue weighted by Crippen LogP contribution is -2.42. The summed E-state index contributed by atoms with van der Waals surface area (Å²) in [5.74, 6) is -0.407. The van der Waals surface area contributed by atoms with Crippen molar-refractivity contribution in [2.75, 3.05) is 26.3 Å². The van der Waals surface area contributed by atoms with Crippen LogP contribution in [-0.4, -0.2) is 60.7 Å². The monoisotopic (exact) mass is 555 g/mol. The maximum atomic E-state index is 13.5. The van der Waals surface area contributed by atoms with Crippen molar-refractivity contribution in [2.24, 2.45) is 0 Å². The maximum absolute atomic E-state index is 13.5. The van der Waals surface area contributed by atoms with E-state index >= 15 is 0 Å². The zero-order valence-electron chi connectivity index (χ0n) is 22.9. The third-order valence-corrected chi connectivity index (χ3v) is 9.93. The Hall–Kier alpha value is -3.11. The van der Waals surface area contributed by atoms with Gasteiger partial charge in [-0.25, -0.2) is 13.1 Å². The van der Waals surface area contributed by atoms with Crippen LogP contribution in [0.2, 0.25) is 0 Å². The first-order valence-electron chi connectivity index (χ1n) is 13.7. The van der Waals surface area contributed by atoms with Crippen LogP contribution in [0.3, 0.4) is 0 Å². The molecule has 3 heterocycles. The molecule has 2 fully saturated rings.